The number of carbonyl (C=O) groups excluding carboxylic acids is 1. The lowest BCUT2D eigenvalue weighted by atomic mass is 10.1. The minimum absolute atomic E-state index is 0.112. The Kier molecular flexibility index (Phi) is 2.35. The number of aromatic nitrogens is 3. The molecule has 5 heteroatoms. The molecule has 0 saturated carbocycles. The van der Waals surface area contributed by atoms with Crippen molar-refractivity contribution in [3.05, 3.63) is 60.6 Å². The van der Waals surface area contributed by atoms with Gasteiger partial charge in [-0.1, -0.05) is 6.07 Å². The summed E-state index contributed by atoms with van der Waals surface area (Å²) in [7, 11) is 0. The van der Waals surface area contributed by atoms with Gasteiger partial charge in [0.25, 0.3) is 5.91 Å². The monoisotopic (exact) mass is 276 g/mol. The second-order valence-corrected chi connectivity index (χ2v) is 4.95. The number of nitrogen functional groups attached to an aromatic ring is 1. The van der Waals surface area contributed by atoms with Crippen molar-refractivity contribution in [2.45, 2.75) is 0 Å². The van der Waals surface area contributed by atoms with Gasteiger partial charge in [-0.05, 0) is 41.8 Å². The van der Waals surface area contributed by atoms with E-state index in [4.69, 9.17) is 5.73 Å². The Bertz CT molecular complexity index is 980. The van der Waals surface area contributed by atoms with Crippen LogP contribution < -0.4 is 5.73 Å². The standard InChI is InChI=1S/C16H12N4O/c17-12-3-4-15-14(8-12)19-9-20(15)16(21)11-2-1-10-5-6-18-13(10)7-11/h1-9,18H,17H2. The average molecular weight is 276 g/mol. The van der Waals surface area contributed by atoms with Crippen molar-refractivity contribution < 1.29 is 4.79 Å². The molecule has 4 rings (SSSR count). The van der Waals surface area contributed by atoms with Crippen LogP contribution in [0.1, 0.15) is 10.4 Å². The van der Waals surface area contributed by atoms with Gasteiger partial charge in [0.15, 0.2) is 0 Å². The summed E-state index contributed by atoms with van der Waals surface area (Å²) in [5.41, 5.74) is 9.38. The van der Waals surface area contributed by atoms with Gasteiger partial charge in [0, 0.05) is 23.0 Å². The Morgan fingerprint density at radius 3 is 2.95 bits per heavy atom. The maximum atomic E-state index is 12.6. The molecule has 5 nitrogen and oxygen atoms in total. The predicted octanol–water partition coefficient (Wildman–Crippen LogP) is 2.79. The van der Waals surface area contributed by atoms with Gasteiger partial charge in [0.05, 0.1) is 11.0 Å². The fourth-order valence-corrected chi connectivity index (χ4v) is 2.51. The van der Waals surface area contributed by atoms with E-state index >= 15 is 0 Å². The molecule has 4 aromatic rings. The summed E-state index contributed by atoms with van der Waals surface area (Å²) in [6, 6.07) is 12.9. The van der Waals surface area contributed by atoms with Crippen molar-refractivity contribution in [3.63, 3.8) is 0 Å². The maximum Gasteiger partial charge on any atom is 0.263 e. The molecule has 3 N–H and O–H groups in total. The number of anilines is 1. The third-order valence-electron chi connectivity index (χ3n) is 3.59. The van der Waals surface area contributed by atoms with Crippen molar-refractivity contribution in [2.24, 2.45) is 0 Å². The van der Waals surface area contributed by atoms with Gasteiger partial charge in [-0.3, -0.25) is 9.36 Å². The van der Waals surface area contributed by atoms with E-state index in [1.165, 1.54) is 6.33 Å². The van der Waals surface area contributed by atoms with Gasteiger partial charge in [-0.25, -0.2) is 4.98 Å². The summed E-state index contributed by atoms with van der Waals surface area (Å²) in [5.74, 6) is -0.112. The fourth-order valence-electron chi connectivity index (χ4n) is 2.51. The molecule has 0 aliphatic carbocycles. The number of benzene rings is 2. The Morgan fingerprint density at radius 1 is 1.14 bits per heavy atom. The quantitative estimate of drug-likeness (QED) is 0.525. The minimum atomic E-state index is -0.112. The first-order valence-electron chi connectivity index (χ1n) is 6.57. The number of rotatable bonds is 1. The second kappa shape index (κ2) is 4.21. The predicted molar refractivity (Wildman–Crippen MR) is 82.2 cm³/mol. The second-order valence-electron chi connectivity index (χ2n) is 4.95. The largest absolute Gasteiger partial charge is 0.399 e. The Morgan fingerprint density at radius 2 is 2.05 bits per heavy atom. The number of imidazole rings is 1. The molecule has 21 heavy (non-hydrogen) atoms. The number of hydrogen-bond acceptors (Lipinski definition) is 3. The van der Waals surface area contributed by atoms with E-state index in [-0.39, 0.29) is 5.91 Å². The van der Waals surface area contributed by atoms with E-state index in [1.54, 1.807) is 16.7 Å². The molecule has 0 atom stereocenters. The van der Waals surface area contributed by atoms with E-state index in [0.717, 1.165) is 16.4 Å². The molecular formula is C16H12N4O. The van der Waals surface area contributed by atoms with Gasteiger partial charge < -0.3 is 10.7 Å². The molecule has 0 aliphatic heterocycles. The van der Waals surface area contributed by atoms with Crippen LogP contribution in [0.25, 0.3) is 21.9 Å². The molecule has 0 radical (unpaired) electrons. The third kappa shape index (κ3) is 1.79. The first kappa shape index (κ1) is 11.7. The number of H-pyrrole nitrogens is 1. The third-order valence-corrected chi connectivity index (χ3v) is 3.59. The fraction of sp³-hybridized carbons (Fsp3) is 0. The molecule has 0 amide bonds. The highest BCUT2D eigenvalue weighted by Gasteiger charge is 2.13. The number of nitrogens with one attached hydrogen (secondary N) is 1. The van der Waals surface area contributed by atoms with Gasteiger partial charge in [-0.15, -0.1) is 0 Å². The molecule has 0 bridgehead atoms. The van der Waals surface area contributed by atoms with E-state index in [9.17, 15) is 4.79 Å². The maximum absolute atomic E-state index is 12.6. The van der Waals surface area contributed by atoms with Crippen LogP contribution in [0.3, 0.4) is 0 Å². The van der Waals surface area contributed by atoms with Crippen LogP contribution in [0.5, 0.6) is 0 Å². The molecule has 2 aromatic heterocycles. The molecule has 0 aliphatic rings. The summed E-state index contributed by atoms with van der Waals surface area (Å²) in [5, 5.41) is 1.08. The van der Waals surface area contributed by atoms with Gasteiger partial charge >= 0.3 is 0 Å². The molecule has 102 valence electrons. The van der Waals surface area contributed by atoms with Crippen molar-refractivity contribution in [1.82, 2.24) is 14.5 Å². The van der Waals surface area contributed by atoms with Crippen molar-refractivity contribution in [2.75, 3.05) is 5.73 Å². The Balaban J connectivity index is 1.85. The molecule has 0 saturated heterocycles. The van der Waals surface area contributed by atoms with E-state index in [1.807, 2.05) is 36.5 Å². The minimum Gasteiger partial charge on any atom is -0.399 e. The van der Waals surface area contributed by atoms with E-state index < -0.39 is 0 Å². The lowest BCUT2D eigenvalue weighted by molar-refractivity contribution is 0.0964. The molecule has 2 aromatic carbocycles. The molecule has 0 spiro atoms. The molecule has 0 unspecified atom stereocenters. The van der Waals surface area contributed by atoms with Crippen LogP contribution in [-0.4, -0.2) is 20.4 Å². The van der Waals surface area contributed by atoms with Crippen molar-refractivity contribution in [1.29, 1.82) is 0 Å². The smallest absolute Gasteiger partial charge is 0.263 e. The van der Waals surface area contributed by atoms with Crippen LogP contribution in [-0.2, 0) is 0 Å². The molecule has 0 fully saturated rings. The van der Waals surface area contributed by atoms with Crippen LogP contribution in [0.15, 0.2) is 55.0 Å². The number of nitrogens with zero attached hydrogens (tertiary/aromatic N) is 2. The zero-order valence-electron chi connectivity index (χ0n) is 11.1. The summed E-state index contributed by atoms with van der Waals surface area (Å²) in [6.07, 6.45) is 3.39. The van der Waals surface area contributed by atoms with Crippen molar-refractivity contribution in [3.8, 4) is 0 Å². The average Bonchev–Trinajstić information content (AvgIpc) is 3.11. The SMILES string of the molecule is Nc1ccc2c(c1)ncn2C(=O)c1ccc2cc[nH]c2c1. The lowest BCUT2D eigenvalue weighted by Crippen LogP contribution is -2.10. The Hall–Kier alpha value is -3.08. The zero-order valence-corrected chi connectivity index (χ0v) is 11.1. The topological polar surface area (TPSA) is 76.7 Å². The van der Waals surface area contributed by atoms with Gasteiger partial charge in [0.2, 0.25) is 0 Å². The number of carbonyl (C=O) groups is 1. The lowest BCUT2D eigenvalue weighted by Gasteiger charge is -2.04. The number of fused-ring (bicyclic) bond motifs is 2. The number of hydrogen-bond donors (Lipinski definition) is 2. The van der Waals surface area contributed by atoms with Crippen LogP contribution >= 0.6 is 0 Å². The summed E-state index contributed by atoms with van der Waals surface area (Å²) < 4.78 is 1.54. The Labute approximate surface area is 120 Å². The van der Waals surface area contributed by atoms with Gasteiger partial charge in [-0.2, -0.15) is 0 Å². The van der Waals surface area contributed by atoms with E-state index in [0.29, 0.717) is 16.8 Å². The van der Waals surface area contributed by atoms with Crippen LogP contribution in [0.4, 0.5) is 5.69 Å². The number of nitrogens with two attached hydrogens (primary N) is 1. The summed E-state index contributed by atoms with van der Waals surface area (Å²) in [4.78, 5) is 20.0. The first-order valence-corrected chi connectivity index (χ1v) is 6.57. The highest BCUT2D eigenvalue weighted by atomic mass is 16.2. The zero-order chi connectivity index (χ0) is 14.4. The van der Waals surface area contributed by atoms with Crippen LogP contribution in [0, 0.1) is 0 Å². The summed E-state index contributed by atoms with van der Waals surface area (Å²) >= 11 is 0. The number of aromatic amines is 1. The summed E-state index contributed by atoms with van der Waals surface area (Å²) in [6.45, 7) is 0. The molecular weight excluding hydrogens is 264 g/mol. The van der Waals surface area contributed by atoms with Crippen LogP contribution in [0.2, 0.25) is 0 Å². The highest BCUT2D eigenvalue weighted by Crippen LogP contribution is 2.19. The normalized spacial score (nSPS) is 11.2. The molecule has 2 heterocycles. The first-order chi connectivity index (χ1) is 10.2. The highest BCUT2D eigenvalue weighted by molar-refractivity contribution is 6.03. The van der Waals surface area contributed by atoms with Gasteiger partial charge in [0.1, 0.15) is 6.33 Å². The van der Waals surface area contributed by atoms with Crippen molar-refractivity contribution >= 4 is 33.5 Å². The van der Waals surface area contributed by atoms with E-state index in [2.05, 4.69) is 9.97 Å².